The molecule has 1 rings (SSSR count). The second-order valence-electron chi connectivity index (χ2n) is 6.17. The van der Waals surface area contributed by atoms with Crippen molar-refractivity contribution in [2.75, 3.05) is 20.3 Å². The number of nitrogens with zero attached hydrogens (tertiary/aromatic N) is 1. The number of aliphatic hydroxyl groups is 1. The molecule has 6 nitrogen and oxygen atoms in total. The predicted molar refractivity (Wildman–Crippen MR) is 101 cm³/mol. The van der Waals surface area contributed by atoms with Crippen molar-refractivity contribution in [3.63, 3.8) is 0 Å². The van der Waals surface area contributed by atoms with Gasteiger partial charge in [0.2, 0.25) is 5.91 Å². The zero-order valence-electron chi connectivity index (χ0n) is 16.0. The smallest absolute Gasteiger partial charge is 0.307 e. The van der Waals surface area contributed by atoms with Crippen molar-refractivity contribution < 1.29 is 24.2 Å². The molecule has 0 fully saturated rings. The normalized spacial score (nSPS) is 12.2. The van der Waals surface area contributed by atoms with E-state index < -0.39 is 5.97 Å². The summed E-state index contributed by atoms with van der Waals surface area (Å²) < 4.78 is 10.3. The molecule has 1 unspecified atom stereocenters. The van der Waals surface area contributed by atoms with Gasteiger partial charge in [0.25, 0.3) is 0 Å². The number of amides is 1. The van der Waals surface area contributed by atoms with Gasteiger partial charge in [-0.3, -0.25) is 9.59 Å². The van der Waals surface area contributed by atoms with Crippen LogP contribution in [0, 0.1) is 0 Å². The Bertz CT molecular complexity index is 608. The number of carbonyl (C=O) groups excluding carboxylic acids is 2. The van der Waals surface area contributed by atoms with Gasteiger partial charge in [0, 0.05) is 12.6 Å². The molecule has 0 heterocycles. The van der Waals surface area contributed by atoms with Crippen LogP contribution in [0.1, 0.15) is 39.2 Å². The zero-order chi connectivity index (χ0) is 19.5. The van der Waals surface area contributed by atoms with Crippen molar-refractivity contribution in [2.45, 2.75) is 45.8 Å². The van der Waals surface area contributed by atoms with E-state index in [4.69, 9.17) is 4.74 Å². The van der Waals surface area contributed by atoms with E-state index >= 15 is 0 Å². The molecule has 1 amide bonds. The molecule has 0 radical (unpaired) electrons. The van der Waals surface area contributed by atoms with E-state index in [-0.39, 0.29) is 37.6 Å². The Hall–Kier alpha value is -2.34. The summed E-state index contributed by atoms with van der Waals surface area (Å²) in [5.41, 5.74) is 0.835. The quantitative estimate of drug-likeness (QED) is 0.511. The summed E-state index contributed by atoms with van der Waals surface area (Å²) in [6.45, 7) is 5.83. The summed E-state index contributed by atoms with van der Waals surface area (Å²) >= 11 is 0. The number of methoxy groups -OCH3 is 1. The maximum Gasteiger partial charge on any atom is 0.307 e. The Balaban J connectivity index is 2.86. The summed E-state index contributed by atoms with van der Waals surface area (Å²) in [6, 6.07) is 7.11. The highest BCUT2D eigenvalue weighted by Crippen LogP contribution is 2.16. The topological polar surface area (TPSA) is 76.1 Å². The predicted octanol–water partition coefficient (Wildman–Crippen LogP) is 2.65. The fraction of sp³-hybridized carbons (Fsp3) is 0.500. The van der Waals surface area contributed by atoms with Crippen LogP contribution in [0.25, 0.3) is 6.08 Å². The van der Waals surface area contributed by atoms with Crippen LogP contribution in [0.4, 0.5) is 0 Å². The highest BCUT2D eigenvalue weighted by Gasteiger charge is 2.21. The van der Waals surface area contributed by atoms with E-state index in [1.54, 1.807) is 6.08 Å². The van der Waals surface area contributed by atoms with E-state index in [9.17, 15) is 14.7 Å². The van der Waals surface area contributed by atoms with E-state index in [1.807, 2.05) is 45.0 Å². The van der Waals surface area contributed by atoms with Crippen molar-refractivity contribution in [3.05, 3.63) is 35.9 Å². The van der Waals surface area contributed by atoms with Crippen LogP contribution in [0.15, 0.2) is 30.3 Å². The molecule has 0 spiro atoms. The van der Waals surface area contributed by atoms with Gasteiger partial charge in [0.05, 0.1) is 32.3 Å². The standard InChI is InChI=1S/C20H29NO5/c1-5-17(14-22)21(12-11-20(24)25-4)19(23)10-9-16-7-6-8-18(13-16)26-15(2)3/h6-10,13,15,17,22H,5,11-12,14H2,1-4H3/b10-9+. The van der Waals surface area contributed by atoms with Gasteiger partial charge in [0.15, 0.2) is 0 Å². The summed E-state index contributed by atoms with van der Waals surface area (Å²) in [7, 11) is 1.31. The van der Waals surface area contributed by atoms with Crippen molar-refractivity contribution >= 4 is 18.0 Å². The maximum atomic E-state index is 12.6. The van der Waals surface area contributed by atoms with E-state index in [0.717, 1.165) is 11.3 Å². The van der Waals surface area contributed by atoms with Gasteiger partial charge in [-0.05, 0) is 44.0 Å². The summed E-state index contributed by atoms with van der Waals surface area (Å²) in [4.78, 5) is 25.5. The number of hydrogen-bond donors (Lipinski definition) is 1. The molecule has 6 heteroatoms. The first-order chi connectivity index (χ1) is 12.4. The lowest BCUT2D eigenvalue weighted by Crippen LogP contribution is -2.42. The molecule has 26 heavy (non-hydrogen) atoms. The Morgan fingerprint density at radius 1 is 1.31 bits per heavy atom. The third-order valence-electron chi connectivity index (χ3n) is 3.84. The molecule has 0 aliphatic carbocycles. The number of carbonyl (C=O) groups is 2. The van der Waals surface area contributed by atoms with Crippen LogP contribution in [0.2, 0.25) is 0 Å². The van der Waals surface area contributed by atoms with Crippen molar-refractivity contribution in [1.82, 2.24) is 4.90 Å². The minimum Gasteiger partial charge on any atom is -0.491 e. The minimum atomic E-state index is -0.391. The first-order valence-electron chi connectivity index (χ1n) is 8.84. The molecule has 0 aromatic heterocycles. The first kappa shape index (κ1) is 21.7. The van der Waals surface area contributed by atoms with E-state index in [0.29, 0.717) is 6.42 Å². The first-order valence-corrected chi connectivity index (χ1v) is 8.84. The van der Waals surface area contributed by atoms with Crippen LogP contribution in [-0.2, 0) is 14.3 Å². The second kappa shape index (κ2) is 11.3. The van der Waals surface area contributed by atoms with Crippen molar-refractivity contribution in [3.8, 4) is 5.75 Å². The summed E-state index contributed by atoms with van der Waals surface area (Å²) in [5, 5.41) is 9.52. The van der Waals surface area contributed by atoms with Crippen molar-refractivity contribution in [2.24, 2.45) is 0 Å². The van der Waals surface area contributed by atoms with E-state index in [2.05, 4.69) is 4.74 Å². The summed E-state index contributed by atoms with van der Waals surface area (Å²) in [6.07, 6.45) is 3.90. The number of rotatable bonds is 10. The fourth-order valence-electron chi connectivity index (χ4n) is 2.46. The fourth-order valence-corrected chi connectivity index (χ4v) is 2.46. The van der Waals surface area contributed by atoms with Crippen molar-refractivity contribution in [1.29, 1.82) is 0 Å². The molecular weight excluding hydrogens is 334 g/mol. The number of aliphatic hydroxyl groups excluding tert-OH is 1. The SMILES string of the molecule is CCC(CO)N(CCC(=O)OC)C(=O)/C=C/c1cccc(OC(C)C)c1. The van der Waals surface area contributed by atoms with Gasteiger partial charge in [-0.1, -0.05) is 19.1 Å². The lowest BCUT2D eigenvalue weighted by Gasteiger charge is -2.28. The monoisotopic (exact) mass is 363 g/mol. The van der Waals surface area contributed by atoms with Gasteiger partial charge in [-0.2, -0.15) is 0 Å². The molecule has 1 aromatic carbocycles. The molecule has 0 saturated heterocycles. The van der Waals surface area contributed by atoms with Gasteiger partial charge >= 0.3 is 5.97 Å². The number of hydrogen-bond acceptors (Lipinski definition) is 5. The highest BCUT2D eigenvalue weighted by molar-refractivity contribution is 5.92. The molecule has 1 aromatic rings. The van der Waals surface area contributed by atoms with Crippen LogP contribution in [0.3, 0.4) is 0 Å². The molecule has 0 aliphatic rings. The average Bonchev–Trinajstić information content (AvgIpc) is 2.62. The third-order valence-corrected chi connectivity index (χ3v) is 3.84. The number of benzene rings is 1. The minimum absolute atomic E-state index is 0.0690. The lowest BCUT2D eigenvalue weighted by atomic mass is 10.1. The van der Waals surface area contributed by atoms with Gasteiger partial charge in [0.1, 0.15) is 5.75 Å². The van der Waals surface area contributed by atoms with Gasteiger partial charge in [-0.25, -0.2) is 0 Å². The van der Waals surface area contributed by atoms with Crippen LogP contribution in [0.5, 0.6) is 5.75 Å². The molecule has 0 bridgehead atoms. The van der Waals surface area contributed by atoms with Crippen LogP contribution >= 0.6 is 0 Å². The number of ether oxygens (including phenoxy) is 2. The van der Waals surface area contributed by atoms with Crippen LogP contribution in [-0.4, -0.2) is 54.3 Å². The molecular formula is C20H29NO5. The average molecular weight is 363 g/mol. The largest absolute Gasteiger partial charge is 0.491 e. The zero-order valence-corrected chi connectivity index (χ0v) is 16.0. The third kappa shape index (κ3) is 7.27. The lowest BCUT2D eigenvalue weighted by molar-refractivity contribution is -0.142. The Morgan fingerprint density at radius 3 is 2.62 bits per heavy atom. The molecule has 144 valence electrons. The highest BCUT2D eigenvalue weighted by atomic mass is 16.5. The Kier molecular flexibility index (Phi) is 9.44. The van der Waals surface area contributed by atoms with Gasteiger partial charge in [-0.15, -0.1) is 0 Å². The molecule has 0 aliphatic heterocycles. The maximum absolute atomic E-state index is 12.6. The Labute approximate surface area is 155 Å². The summed E-state index contributed by atoms with van der Waals surface area (Å²) in [5.74, 6) is 0.0852. The molecule has 1 N–H and O–H groups in total. The second-order valence-corrected chi connectivity index (χ2v) is 6.17. The molecule has 1 atom stereocenters. The van der Waals surface area contributed by atoms with E-state index in [1.165, 1.54) is 18.1 Å². The number of esters is 1. The van der Waals surface area contributed by atoms with Crippen LogP contribution < -0.4 is 4.74 Å². The molecule has 0 saturated carbocycles. The Morgan fingerprint density at radius 2 is 2.04 bits per heavy atom. The van der Waals surface area contributed by atoms with Gasteiger partial charge < -0.3 is 19.5 Å².